The average molecular weight is 331 g/mol. The maximum absolute atomic E-state index is 12.5. The van der Waals surface area contributed by atoms with Crippen LogP contribution in [0.15, 0.2) is 12.7 Å². The molecule has 0 bridgehead atoms. The summed E-state index contributed by atoms with van der Waals surface area (Å²) in [5.41, 5.74) is 1.15. The summed E-state index contributed by atoms with van der Waals surface area (Å²) in [6, 6.07) is 0.668. The molecule has 6 nitrogen and oxygen atoms in total. The lowest BCUT2D eigenvalue weighted by Gasteiger charge is -2.28. The van der Waals surface area contributed by atoms with Gasteiger partial charge in [0.1, 0.15) is 12.7 Å². The van der Waals surface area contributed by atoms with Crippen molar-refractivity contribution in [2.75, 3.05) is 0 Å². The average Bonchev–Trinajstić information content (AvgIpc) is 3.25. The van der Waals surface area contributed by atoms with Crippen LogP contribution in [-0.2, 0) is 12.8 Å². The van der Waals surface area contributed by atoms with Gasteiger partial charge in [0.25, 0.3) is 5.91 Å². The van der Waals surface area contributed by atoms with Crippen molar-refractivity contribution in [3.8, 4) is 0 Å². The molecule has 0 spiro atoms. The molecule has 4 rings (SSSR count). The Morgan fingerprint density at radius 3 is 2.78 bits per heavy atom. The third kappa shape index (κ3) is 3.15. The Balaban J connectivity index is 1.34. The van der Waals surface area contributed by atoms with Crippen LogP contribution in [0.1, 0.15) is 64.9 Å². The van der Waals surface area contributed by atoms with Gasteiger partial charge in [0.2, 0.25) is 0 Å². The number of aryl methyl sites for hydroxylation is 2. The van der Waals surface area contributed by atoms with E-state index in [-0.39, 0.29) is 11.9 Å². The number of carbonyl (C=O) groups excluding carboxylic acids is 1. The van der Waals surface area contributed by atoms with Gasteiger partial charge in [0.05, 0.1) is 11.7 Å². The van der Waals surface area contributed by atoms with E-state index < -0.39 is 0 Å². The highest BCUT2D eigenvalue weighted by Gasteiger charge is 2.26. The number of nitrogens with one attached hydrogen (secondary N) is 1. The lowest BCUT2D eigenvalue weighted by Crippen LogP contribution is -2.38. The van der Waals surface area contributed by atoms with E-state index >= 15 is 0 Å². The second kappa shape index (κ2) is 6.39. The van der Waals surface area contributed by atoms with Crippen LogP contribution in [0.4, 0.5) is 0 Å². The molecule has 0 saturated heterocycles. The van der Waals surface area contributed by atoms with E-state index in [0.717, 1.165) is 44.2 Å². The van der Waals surface area contributed by atoms with Crippen molar-refractivity contribution in [3.05, 3.63) is 28.2 Å². The first kappa shape index (κ1) is 14.8. The van der Waals surface area contributed by atoms with Crippen LogP contribution in [0.25, 0.3) is 0 Å². The summed E-state index contributed by atoms with van der Waals surface area (Å²) in [7, 11) is 0. The number of nitrogens with zero attached hydrogens (tertiary/aromatic N) is 4. The normalized spacial score (nSPS) is 24.2. The Bertz CT molecular complexity index is 649. The fourth-order valence-electron chi connectivity index (χ4n) is 3.59. The number of hydrogen-bond acceptors (Lipinski definition) is 5. The Hall–Kier alpha value is -1.76. The van der Waals surface area contributed by atoms with E-state index in [9.17, 15) is 4.79 Å². The maximum atomic E-state index is 12.5. The largest absolute Gasteiger partial charge is 0.347 e. The van der Waals surface area contributed by atoms with E-state index in [0.29, 0.717) is 11.0 Å². The van der Waals surface area contributed by atoms with Crippen LogP contribution in [0, 0.1) is 0 Å². The molecule has 122 valence electrons. The standard InChI is InChI=1S/C16H21N5OS/c22-15(16-20-13-3-1-2-4-14(13)23-16)19-11-5-7-12(8-6-11)21-10-17-9-18-21/h9-12H,1-8H2,(H,19,22). The second-order valence-electron chi connectivity index (χ2n) is 6.45. The molecular weight excluding hydrogens is 310 g/mol. The number of rotatable bonds is 3. The predicted molar refractivity (Wildman–Crippen MR) is 87.5 cm³/mol. The van der Waals surface area contributed by atoms with Gasteiger partial charge in [0.15, 0.2) is 5.01 Å². The molecule has 2 aromatic heterocycles. The first-order chi connectivity index (χ1) is 11.3. The molecule has 0 unspecified atom stereocenters. The fourth-order valence-corrected chi connectivity index (χ4v) is 4.64. The molecule has 1 fully saturated rings. The van der Waals surface area contributed by atoms with Crippen molar-refractivity contribution >= 4 is 17.2 Å². The van der Waals surface area contributed by atoms with E-state index in [1.807, 2.05) is 4.68 Å². The predicted octanol–water partition coefficient (Wildman–Crippen LogP) is 2.53. The van der Waals surface area contributed by atoms with Gasteiger partial charge in [-0.1, -0.05) is 0 Å². The fraction of sp³-hybridized carbons (Fsp3) is 0.625. The van der Waals surface area contributed by atoms with Gasteiger partial charge in [-0.3, -0.25) is 4.79 Å². The minimum absolute atomic E-state index is 0.00797. The topological polar surface area (TPSA) is 72.7 Å². The monoisotopic (exact) mass is 331 g/mol. The highest BCUT2D eigenvalue weighted by molar-refractivity contribution is 7.13. The molecule has 1 saturated carbocycles. The zero-order valence-corrected chi connectivity index (χ0v) is 13.9. The Kier molecular flexibility index (Phi) is 4.11. The van der Waals surface area contributed by atoms with Gasteiger partial charge >= 0.3 is 0 Å². The Labute approximate surface area is 139 Å². The Morgan fingerprint density at radius 2 is 2.04 bits per heavy atom. The molecular formula is C16H21N5OS. The molecule has 2 heterocycles. The zero-order chi connectivity index (χ0) is 15.6. The quantitative estimate of drug-likeness (QED) is 0.938. The van der Waals surface area contributed by atoms with Gasteiger partial charge in [-0.25, -0.2) is 14.6 Å². The molecule has 1 amide bonds. The van der Waals surface area contributed by atoms with E-state index in [4.69, 9.17) is 0 Å². The van der Waals surface area contributed by atoms with E-state index in [2.05, 4.69) is 20.4 Å². The van der Waals surface area contributed by atoms with E-state index in [1.165, 1.54) is 17.7 Å². The Morgan fingerprint density at radius 1 is 1.22 bits per heavy atom. The van der Waals surface area contributed by atoms with Crippen LogP contribution in [-0.4, -0.2) is 31.7 Å². The highest BCUT2D eigenvalue weighted by Crippen LogP contribution is 2.29. The summed E-state index contributed by atoms with van der Waals surface area (Å²) in [5.74, 6) is 0.00797. The van der Waals surface area contributed by atoms with Gasteiger partial charge in [-0.15, -0.1) is 11.3 Å². The lowest BCUT2D eigenvalue weighted by atomic mass is 9.91. The van der Waals surface area contributed by atoms with Crippen LogP contribution in [0.3, 0.4) is 0 Å². The number of hydrogen-bond donors (Lipinski definition) is 1. The van der Waals surface area contributed by atoms with Crippen molar-refractivity contribution in [2.45, 2.75) is 63.5 Å². The number of fused-ring (bicyclic) bond motifs is 1. The number of thiazole rings is 1. The van der Waals surface area contributed by atoms with Crippen molar-refractivity contribution in [2.24, 2.45) is 0 Å². The van der Waals surface area contributed by atoms with Crippen LogP contribution < -0.4 is 5.32 Å². The van der Waals surface area contributed by atoms with Gasteiger partial charge < -0.3 is 5.32 Å². The highest BCUT2D eigenvalue weighted by atomic mass is 32.1. The summed E-state index contributed by atoms with van der Waals surface area (Å²) in [5, 5.41) is 8.04. The lowest BCUT2D eigenvalue weighted by molar-refractivity contribution is 0.0921. The number of carbonyl (C=O) groups is 1. The second-order valence-corrected chi connectivity index (χ2v) is 7.53. The molecule has 0 atom stereocenters. The molecule has 0 aliphatic heterocycles. The van der Waals surface area contributed by atoms with Crippen molar-refractivity contribution in [3.63, 3.8) is 0 Å². The van der Waals surface area contributed by atoms with Crippen LogP contribution >= 0.6 is 11.3 Å². The van der Waals surface area contributed by atoms with Gasteiger partial charge in [-0.05, 0) is 51.4 Å². The number of amides is 1. The zero-order valence-electron chi connectivity index (χ0n) is 13.1. The molecule has 1 N–H and O–H groups in total. The van der Waals surface area contributed by atoms with E-state index in [1.54, 1.807) is 24.0 Å². The van der Waals surface area contributed by atoms with Crippen molar-refractivity contribution < 1.29 is 4.79 Å². The third-order valence-corrected chi connectivity index (χ3v) is 6.04. The maximum Gasteiger partial charge on any atom is 0.280 e. The minimum Gasteiger partial charge on any atom is -0.347 e. The molecule has 0 aromatic carbocycles. The SMILES string of the molecule is O=C(NC1CCC(n2cncn2)CC1)c1nc2c(s1)CCCC2. The van der Waals surface area contributed by atoms with Crippen molar-refractivity contribution in [1.82, 2.24) is 25.1 Å². The molecule has 2 aliphatic rings. The first-order valence-corrected chi connectivity index (χ1v) is 9.25. The summed E-state index contributed by atoms with van der Waals surface area (Å²) in [6.45, 7) is 0. The van der Waals surface area contributed by atoms with Crippen LogP contribution in [0.2, 0.25) is 0 Å². The molecule has 2 aromatic rings. The van der Waals surface area contributed by atoms with Crippen LogP contribution in [0.5, 0.6) is 0 Å². The molecule has 7 heteroatoms. The third-order valence-electron chi connectivity index (χ3n) is 4.88. The van der Waals surface area contributed by atoms with Gasteiger partial charge in [-0.2, -0.15) is 5.10 Å². The smallest absolute Gasteiger partial charge is 0.280 e. The minimum atomic E-state index is 0.00797. The van der Waals surface area contributed by atoms with Crippen molar-refractivity contribution in [1.29, 1.82) is 0 Å². The number of aromatic nitrogens is 4. The van der Waals surface area contributed by atoms with Gasteiger partial charge in [0, 0.05) is 10.9 Å². The molecule has 23 heavy (non-hydrogen) atoms. The summed E-state index contributed by atoms with van der Waals surface area (Å²) in [6.07, 6.45) is 11.9. The molecule has 0 radical (unpaired) electrons. The summed E-state index contributed by atoms with van der Waals surface area (Å²) < 4.78 is 1.94. The summed E-state index contributed by atoms with van der Waals surface area (Å²) >= 11 is 1.59. The summed E-state index contributed by atoms with van der Waals surface area (Å²) in [4.78, 5) is 22.3. The molecule has 2 aliphatic carbocycles. The first-order valence-electron chi connectivity index (χ1n) is 8.43.